The van der Waals surface area contributed by atoms with Crippen LogP contribution in [0.3, 0.4) is 0 Å². The van der Waals surface area contributed by atoms with Gasteiger partial charge in [0.05, 0.1) is 17.5 Å². The summed E-state index contributed by atoms with van der Waals surface area (Å²) in [6.07, 6.45) is 0. The molecule has 6 nitrogen and oxygen atoms in total. The van der Waals surface area contributed by atoms with E-state index in [1.807, 2.05) is 13.8 Å². The van der Waals surface area contributed by atoms with Crippen molar-refractivity contribution in [2.24, 2.45) is 5.92 Å². The molecule has 2 amide bonds. The Kier molecular flexibility index (Phi) is 6.45. The van der Waals surface area contributed by atoms with Crippen molar-refractivity contribution in [3.63, 3.8) is 0 Å². The fourth-order valence-electron chi connectivity index (χ4n) is 4.27. The summed E-state index contributed by atoms with van der Waals surface area (Å²) in [5.74, 6) is -1.85. The van der Waals surface area contributed by atoms with Gasteiger partial charge in [-0.15, -0.1) is 11.3 Å². The van der Waals surface area contributed by atoms with E-state index in [0.717, 1.165) is 10.9 Å². The Morgan fingerprint density at radius 2 is 1.91 bits per heavy atom. The predicted molar refractivity (Wildman–Crippen MR) is 127 cm³/mol. The van der Waals surface area contributed by atoms with Crippen molar-refractivity contribution in [3.8, 4) is 12.1 Å². The molecule has 0 saturated heterocycles. The number of halogens is 1. The molecule has 8 heteroatoms. The van der Waals surface area contributed by atoms with Crippen LogP contribution in [-0.4, -0.2) is 23.3 Å². The highest BCUT2D eigenvalue weighted by molar-refractivity contribution is 7.12. The number of benzene rings is 2. The minimum atomic E-state index is -0.770. The Balaban J connectivity index is 1.84. The van der Waals surface area contributed by atoms with Crippen molar-refractivity contribution >= 4 is 28.8 Å². The third-order valence-electron chi connectivity index (χ3n) is 5.67. The minimum absolute atomic E-state index is 0.145. The van der Waals surface area contributed by atoms with Crippen LogP contribution >= 0.6 is 11.3 Å². The number of rotatable bonds is 5. The standard InChI is InChI=1S/C26H21FN4O2S/c1-15(2)14-31-24(22-10-8-18(13-29)34-22)23(19-5-3-4-6-20(19)26(31)33)25(32)30-17-7-9-21(27)16(11-17)12-28/h3-11,15,23-24H,14H2,1-2H3,(H,30,32)/t23-,24+/m0/s1. The number of nitriles is 2. The molecule has 1 N–H and O–H groups in total. The molecule has 4 rings (SSSR count). The number of nitrogens with zero attached hydrogens (tertiary/aromatic N) is 3. The molecule has 1 aliphatic rings. The summed E-state index contributed by atoms with van der Waals surface area (Å²) in [4.78, 5) is 30.2. The SMILES string of the molecule is CC(C)CN1C(=O)c2ccccc2[C@H](C(=O)Nc2ccc(F)c(C#N)c2)[C@H]1c1ccc(C#N)s1. The highest BCUT2D eigenvalue weighted by atomic mass is 32.1. The summed E-state index contributed by atoms with van der Waals surface area (Å²) in [6.45, 7) is 4.42. The molecular formula is C26H21FN4O2S. The zero-order valence-electron chi connectivity index (χ0n) is 18.6. The second-order valence-electron chi connectivity index (χ2n) is 8.47. The van der Waals surface area contributed by atoms with Crippen molar-refractivity contribution in [3.05, 3.63) is 86.9 Å². The zero-order chi connectivity index (χ0) is 24.4. The number of carbonyl (C=O) groups excluding carboxylic acids is 2. The maximum absolute atomic E-state index is 13.8. The number of hydrogen-bond acceptors (Lipinski definition) is 5. The first kappa shape index (κ1) is 23.2. The predicted octanol–water partition coefficient (Wildman–Crippen LogP) is 5.21. The number of hydrogen-bond donors (Lipinski definition) is 1. The van der Waals surface area contributed by atoms with Crippen LogP contribution in [0.4, 0.5) is 10.1 Å². The van der Waals surface area contributed by atoms with Crippen LogP contribution in [0.5, 0.6) is 0 Å². The number of fused-ring (bicyclic) bond motifs is 1. The van der Waals surface area contributed by atoms with Crippen molar-refractivity contribution < 1.29 is 14.0 Å². The van der Waals surface area contributed by atoms with Crippen LogP contribution in [0.15, 0.2) is 54.6 Å². The van der Waals surface area contributed by atoms with Gasteiger partial charge >= 0.3 is 0 Å². The highest BCUT2D eigenvalue weighted by Gasteiger charge is 2.44. The first-order chi connectivity index (χ1) is 16.3. The number of thiophene rings is 1. The summed E-state index contributed by atoms with van der Waals surface area (Å²) in [6, 6.07) is 17.6. The average molecular weight is 473 g/mol. The maximum Gasteiger partial charge on any atom is 0.254 e. The molecular weight excluding hydrogens is 451 g/mol. The molecule has 34 heavy (non-hydrogen) atoms. The minimum Gasteiger partial charge on any atom is -0.329 e. The lowest BCUT2D eigenvalue weighted by atomic mass is 9.81. The first-order valence-corrected chi connectivity index (χ1v) is 11.6. The van der Waals surface area contributed by atoms with Gasteiger partial charge in [0.15, 0.2) is 0 Å². The van der Waals surface area contributed by atoms with Crippen LogP contribution in [0.1, 0.15) is 57.0 Å². The summed E-state index contributed by atoms with van der Waals surface area (Å²) < 4.78 is 13.8. The van der Waals surface area contributed by atoms with Gasteiger partial charge < -0.3 is 10.2 Å². The third kappa shape index (κ3) is 4.28. The molecule has 0 aliphatic carbocycles. The molecule has 1 aliphatic heterocycles. The van der Waals surface area contributed by atoms with Gasteiger partial charge in [0.1, 0.15) is 22.8 Å². The monoisotopic (exact) mass is 472 g/mol. The Bertz CT molecular complexity index is 1350. The van der Waals surface area contributed by atoms with E-state index in [1.165, 1.54) is 23.5 Å². The summed E-state index contributed by atoms with van der Waals surface area (Å²) in [5, 5.41) is 21.3. The molecule has 170 valence electrons. The van der Waals surface area contributed by atoms with Gasteiger partial charge in [-0.2, -0.15) is 10.5 Å². The smallest absolute Gasteiger partial charge is 0.254 e. The highest BCUT2D eigenvalue weighted by Crippen LogP contribution is 2.45. The van der Waals surface area contributed by atoms with Crippen molar-refractivity contribution in [1.29, 1.82) is 10.5 Å². The lowest BCUT2D eigenvalue weighted by molar-refractivity contribution is -0.119. The van der Waals surface area contributed by atoms with E-state index in [-0.39, 0.29) is 29.0 Å². The summed E-state index contributed by atoms with van der Waals surface area (Å²) in [7, 11) is 0. The van der Waals surface area contributed by atoms with E-state index in [2.05, 4.69) is 11.4 Å². The Morgan fingerprint density at radius 1 is 1.15 bits per heavy atom. The van der Waals surface area contributed by atoms with Gasteiger partial charge in [0.25, 0.3) is 5.91 Å². The molecule has 1 aromatic heterocycles. The summed E-state index contributed by atoms with van der Waals surface area (Å²) >= 11 is 1.25. The lowest BCUT2D eigenvalue weighted by Gasteiger charge is -2.42. The van der Waals surface area contributed by atoms with Crippen molar-refractivity contribution in [2.45, 2.75) is 25.8 Å². The van der Waals surface area contributed by atoms with E-state index in [0.29, 0.717) is 22.5 Å². The van der Waals surface area contributed by atoms with E-state index >= 15 is 0 Å². The number of anilines is 1. The second-order valence-corrected chi connectivity index (χ2v) is 9.59. The van der Waals surface area contributed by atoms with Gasteiger partial charge in [0.2, 0.25) is 5.91 Å². The molecule has 0 unspecified atom stereocenters. The Morgan fingerprint density at radius 3 is 2.59 bits per heavy atom. The van der Waals surface area contributed by atoms with E-state index < -0.39 is 17.8 Å². The van der Waals surface area contributed by atoms with E-state index in [1.54, 1.807) is 47.4 Å². The molecule has 0 radical (unpaired) electrons. The van der Waals surface area contributed by atoms with Crippen LogP contribution in [0.25, 0.3) is 0 Å². The molecule has 2 atom stereocenters. The van der Waals surface area contributed by atoms with Crippen LogP contribution in [-0.2, 0) is 4.79 Å². The normalized spacial score (nSPS) is 17.1. The van der Waals surface area contributed by atoms with Gasteiger partial charge in [0, 0.05) is 22.7 Å². The first-order valence-electron chi connectivity index (χ1n) is 10.7. The Hall–Kier alpha value is -4.01. The molecule has 2 aromatic carbocycles. The molecule has 0 fully saturated rings. The van der Waals surface area contributed by atoms with Gasteiger partial charge in [-0.3, -0.25) is 9.59 Å². The van der Waals surface area contributed by atoms with Crippen LogP contribution in [0, 0.1) is 34.4 Å². The molecule has 3 aromatic rings. The lowest BCUT2D eigenvalue weighted by Crippen LogP contribution is -2.47. The van der Waals surface area contributed by atoms with E-state index in [9.17, 15) is 19.2 Å². The molecule has 2 heterocycles. The quantitative estimate of drug-likeness (QED) is 0.551. The molecule has 0 bridgehead atoms. The number of carbonyl (C=O) groups is 2. The topological polar surface area (TPSA) is 97.0 Å². The van der Waals surface area contributed by atoms with E-state index in [4.69, 9.17) is 5.26 Å². The number of nitrogens with one attached hydrogen (secondary N) is 1. The molecule has 0 saturated carbocycles. The summed E-state index contributed by atoms with van der Waals surface area (Å²) in [5.41, 5.74) is 1.15. The average Bonchev–Trinajstić information content (AvgIpc) is 3.30. The van der Waals surface area contributed by atoms with Gasteiger partial charge in [-0.25, -0.2) is 4.39 Å². The van der Waals surface area contributed by atoms with Crippen molar-refractivity contribution in [1.82, 2.24) is 4.90 Å². The fraction of sp³-hybridized carbons (Fsp3) is 0.231. The Labute approximate surface area is 200 Å². The number of amides is 2. The fourth-order valence-corrected chi connectivity index (χ4v) is 5.22. The van der Waals surface area contributed by atoms with Crippen molar-refractivity contribution in [2.75, 3.05) is 11.9 Å². The van der Waals surface area contributed by atoms with Gasteiger partial charge in [-0.05, 0) is 47.9 Å². The molecule has 0 spiro atoms. The largest absolute Gasteiger partial charge is 0.329 e. The second kappa shape index (κ2) is 9.46. The van der Waals surface area contributed by atoms with Crippen LogP contribution < -0.4 is 5.32 Å². The van der Waals surface area contributed by atoms with Crippen LogP contribution in [0.2, 0.25) is 0 Å². The third-order valence-corrected chi connectivity index (χ3v) is 6.73. The van der Waals surface area contributed by atoms with Gasteiger partial charge in [-0.1, -0.05) is 32.0 Å². The maximum atomic E-state index is 13.8. The zero-order valence-corrected chi connectivity index (χ0v) is 19.4.